The maximum Gasteiger partial charge on any atom is 0.242 e. The number of benzene rings is 1. The van der Waals surface area contributed by atoms with Crippen molar-refractivity contribution in [1.82, 2.24) is 15.5 Å². The normalized spacial score (nSPS) is 12.3. The van der Waals surface area contributed by atoms with Crippen LogP contribution in [0, 0.1) is 6.92 Å². The number of amides is 2. The summed E-state index contributed by atoms with van der Waals surface area (Å²) >= 11 is 0. The SMILES string of the molecule is Cc1ccccc1[C@H](C(=O)NCC(=O)NC(C)C)N(C)C. The van der Waals surface area contributed by atoms with Crippen molar-refractivity contribution in [3.8, 4) is 0 Å². The van der Waals surface area contributed by atoms with Crippen LogP contribution in [0.5, 0.6) is 0 Å². The molecule has 0 unspecified atom stereocenters. The zero-order chi connectivity index (χ0) is 16.0. The van der Waals surface area contributed by atoms with E-state index in [1.165, 1.54) is 0 Å². The van der Waals surface area contributed by atoms with Crippen LogP contribution < -0.4 is 10.6 Å². The lowest BCUT2D eigenvalue weighted by Gasteiger charge is -2.25. The third-order valence-corrected chi connectivity index (χ3v) is 3.12. The van der Waals surface area contributed by atoms with E-state index in [4.69, 9.17) is 0 Å². The van der Waals surface area contributed by atoms with Gasteiger partial charge >= 0.3 is 0 Å². The molecule has 0 saturated carbocycles. The van der Waals surface area contributed by atoms with Gasteiger partial charge in [-0.15, -0.1) is 0 Å². The Hall–Kier alpha value is -1.88. The molecule has 1 aromatic rings. The average Bonchev–Trinajstić information content (AvgIpc) is 2.38. The van der Waals surface area contributed by atoms with Crippen LogP contribution in [0.3, 0.4) is 0 Å². The van der Waals surface area contributed by atoms with Gasteiger partial charge in [-0.3, -0.25) is 14.5 Å². The molecular formula is C16H25N3O2. The minimum atomic E-state index is -0.405. The highest BCUT2D eigenvalue weighted by atomic mass is 16.2. The molecule has 0 fully saturated rings. The second-order valence-corrected chi connectivity index (χ2v) is 5.66. The van der Waals surface area contributed by atoms with E-state index in [0.29, 0.717) is 0 Å². The highest BCUT2D eigenvalue weighted by Gasteiger charge is 2.24. The standard InChI is InChI=1S/C16H25N3O2/c1-11(2)18-14(20)10-17-16(21)15(19(4)5)13-9-7-6-8-12(13)3/h6-9,11,15H,10H2,1-5H3,(H,17,21)(H,18,20)/t15-/m1/s1. The van der Waals surface area contributed by atoms with Crippen LogP contribution in [0.25, 0.3) is 0 Å². The minimum absolute atomic E-state index is 0.00671. The fraction of sp³-hybridized carbons (Fsp3) is 0.500. The van der Waals surface area contributed by atoms with Gasteiger partial charge in [0.15, 0.2) is 0 Å². The predicted octanol–water partition coefficient (Wildman–Crippen LogP) is 1.24. The Balaban J connectivity index is 2.76. The number of hydrogen-bond donors (Lipinski definition) is 2. The van der Waals surface area contributed by atoms with Gasteiger partial charge in [0.05, 0.1) is 6.54 Å². The fourth-order valence-corrected chi connectivity index (χ4v) is 2.18. The average molecular weight is 291 g/mol. The molecule has 0 radical (unpaired) electrons. The van der Waals surface area contributed by atoms with Crippen LogP contribution in [0.2, 0.25) is 0 Å². The van der Waals surface area contributed by atoms with Crippen LogP contribution in [-0.2, 0) is 9.59 Å². The number of hydrogen-bond acceptors (Lipinski definition) is 3. The van der Waals surface area contributed by atoms with Crippen LogP contribution >= 0.6 is 0 Å². The molecule has 2 amide bonds. The molecule has 2 N–H and O–H groups in total. The van der Waals surface area contributed by atoms with Gasteiger partial charge in [-0.1, -0.05) is 24.3 Å². The number of rotatable bonds is 6. The second-order valence-electron chi connectivity index (χ2n) is 5.66. The first kappa shape index (κ1) is 17.2. The first-order valence-electron chi connectivity index (χ1n) is 7.12. The lowest BCUT2D eigenvalue weighted by molar-refractivity contribution is -0.129. The van der Waals surface area contributed by atoms with Crippen molar-refractivity contribution in [3.63, 3.8) is 0 Å². The molecule has 116 valence electrons. The Morgan fingerprint density at radius 3 is 2.33 bits per heavy atom. The van der Waals surface area contributed by atoms with Gasteiger partial charge in [-0.25, -0.2) is 0 Å². The van der Waals surface area contributed by atoms with E-state index in [0.717, 1.165) is 11.1 Å². The molecule has 0 aliphatic heterocycles. The predicted molar refractivity (Wildman–Crippen MR) is 83.9 cm³/mol. The van der Waals surface area contributed by atoms with Gasteiger partial charge in [-0.05, 0) is 46.0 Å². The quantitative estimate of drug-likeness (QED) is 0.829. The van der Waals surface area contributed by atoms with E-state index in [-0.39, 0.29) is 24.4 Å². The third-order valence-electron chi connectivity index (χ3n) is 3.12. The Morgan fingerprint density at radius 2 is 1.81 bits per heavy atom. The van der Waals surface area contributed by atoms with E-state index in [9.17, 15) is 9.59 Å². The summed E-state index contributed by atoms with van der Waals surface area (Å²) in [5.74, 6) is -0.353. The molecule has 0 spiro atoms. The summed E-state index contributed by atoms with van der Waals surface area (Å²) in [5.41, 5.74) is 2.00. The monoisotopic (exact) mass is 291 g/mol. The van der Waals surface area contributed by atoms with E-state index in [1.807, 2.05) is 64.0 Å². The number of aryl methyl sites for hydroxylation is 1. The Morgan fingerprint density at radius 1 is 1.19 bits per heavy atom. The Kier molecular flexibility index (Phi) is 6.37. The summed E-state index contributed by atoms with van der Waals surface area (Å²) in [5, 5.41) is 5.45. The third kappa shape index (κ3) is 5.19. The first-order chi connectivity index (χ1) is 9.82. The van der Waals surface area contributed by atoms with Crippen molar-refractivity contribution in [2.24, 2.45) is 0 Å². The van der Waals surface area contributed by atoms with E-state index in [2.05, 4.69) is 10.6 Å². The smallest absolute Gasteiger partial charge is 0.242 e. The van der Waals surface area contributed by atoms with Crippen molar-refractivity contribution < 1.29 is 9.59 Å². The topological polar surface area (TPSA) is 61.4 Å². The highest BCUT2D eigenvalue weighted by Crippen LogP contribution is 2.21. The Bertz CT molecular complexity index is 498. The molecule has 21 heavy (non-hydrogen) atoms. The van der Waals surface area contributed by atoms with Gasteiger partial charge in [-0.2, -0.15) is 0 Å². The number of carbonyl (C=O) groups excluding carboxylic acids is 2. The molecule has 0 aromatic heterocycles. The molecule has 1 rings (SSSR count). The molecule has 1 atom stereocenters. The molecule has 0 aliphatic rings. The number of nitrogens with zero attached hydrogens (tertiary/aromatic N) is 1. The van der Waals surface area contributed by atoms with Crippen molar-refractivity contribution in [2.75, 3.05) is 20.6 Å². The van der Waals surface area contributed by atoms with E-state index < -0.39 is 6.04 Å². The van der Waals surface area contributed by atoms with Crippen LogP contribution in [0.1, 0.15) is 31.0 Å². The van der Waals surface area contributed by atoms with E-state index in [1.54, 1.807) is 0 Å². The molecule has 0 heterocycles. The van der Waals surface area contributed by atoms with Crippen LogP contribution in [0.4, 0.5) is 0 Å². The summed E-state index contributed by atoms with van der Waals surface area (Å²) in [4.78, 5) is 25.9. The summed E-state index contributed by atoms with van der Waals surface area (Å²) in [7, 11) is 3.70. The fourth-order valence-electron chi connectivity index (χ4n) is 2.18. The minimum Gasteiger partial charge on any atom is -0.352 e. The molecule has 0 aliphatic carbocycles. The lowest BCUT2D eigenvalue weighted by Crippen LogP contribution is -2.43. The molecule has 0 bridgehead atoms. The zero-order valence-corrected chi connectivity index (χ0v) is 13.4. The lowest BCUT2D eigenvalue weighted by atomic mass is 10.00. The maximum atomic E-state index is 12.4. The number of likely N-dealkylation sites (N-methyl/N-ethyl adjacent to an activating group) is 1. The molecule has 5 nitrogen and oxygen atoms in total. The maximum absolute atomic E-state index is 12.4. The molecule has 5 heteroatoms. The molecule has 0 saturated heterocycles. The summed E-state index contributed by atoms with van der Waals surface area (Å²) < 4.78 is 0. The first-order valence-corrected chi connectivity index (χ1v) is 7.12. The summed E-state index contributed by atoms with van der Waals surface area (Å²) in [6, 6.07) is 7.43. The number of carbonyl (C=O) groups is 2. The molecular weight excluding hydrogens is 266 g/mol. The summed E-state index contributed by atoms with van der Waals surface area (Å²) in [6.45, 7) is 5.74. The Labute approximate surface area is 126 Å². The van der Waals surface area contributed by atoms with E-state index >= 15 is 0 Å². The second kappa shape index (κ2) is 7.78. The van der Waals surface area contributed by atoms with Crippen molar-refractivity contribution in [1.29, 1.82) is 0 Å². The van der Waals surface area contributed by atoms with Crippen molar-refractivity contribution in [3.05, 3.63) is 35.4 Å². The van der Waals surface area contributed by atoms with Crippen molar-refractivity contribution >= 4 is 11.8 Å². The van der Waals surface area contributed by atoms with Gasteiger partial charge in [0.2, 0.25) is 11.8 Å². The summed E-state index contributed by atoms with van der Waals surface area (Å²) in [6.07, 6.45) is 0. The zero-order valence-electron chi connectivity index (χ0n) is 13.4. The largest absolute Gasteiger partial charge is 0.352 e. The van der Waals surface area contributed by atoms with Crippen molar-refractivity contribution in [2.45, 2.75) is 32.9 Å². The van der Waals surface area contributed by atoms with Gasteiger partial charge in [0.25, 0.3) is 0 Å². The highest BCUT2D eigenvalue weighted by molar-refractivity contribution is 5.88. The van der Waals surface area contributed by atoms with Crippen LogP contribution in [-0.4, -0.2) is 43.4 Å². The number of nitrogens with one attached hydrogen (secondary N) is 2. The molecule has 1 aromatic carbocycles. The van der Waals surface area contributed by atoms with Gasteiger partial charge < -0.3 is 10.6 Å². The van der Waals surface area contributed by atoms with Gasteiger partial charge in [0, 0.05) is 6.04 Å². The van der Waals surface area contributed by atoms with Gasteiger partial charge in [0.1, 0.15) is 6.04 Å². The van der Waals surface area contributed by atoms with Crippen LogP contribution in [0.15, 0.2) is 24.3 Å².